The Kier molecular flexibility index (Phi) is 3.54. The molecule has 0 unspecified atom stereocenters. The van der Waals surface area contributed by atoms with Crippen molar-refractivity contribution in [1.82, 2.24) is 0 Å². The summed E-state index contributed by atoms with van der Waals surface area (Å²) in [6, 6.07) is 13.9. The Bertz CT molecular complexity index is 1150. The van der Waals surface area contributed by atoms with Gasteiger partial charge in [-0.2, -0.15) is 4.57 Å². The number of thiazole rings is 1. The van der Waals surface area contributed by atoms with Crippen molar-refractivity contribution in [2.24, 2.45) is 7.05 Å². The Morgan fingerprint density at radius 1 is 1.12 bits per heavy atom. The fourth-order valence-electron chi connectivity index (χ4n) is 2.80. The molecule has 0 spiro atoms. The minimum Gasteiger partial charge on any atom is -0.463 e. The van der Waals surface area contributed by atoms with Crippen LogP contribution in [0.1, 0.15) is 16.1 Å². The van der Waals surface area contributed by atoms with E-state index in [2.05, 4.69) is 16.7 Å². The first-order valence-corrected chi connectivity index (χ1v) is 8.53. The van der Waals surface area contributed by atoms with Gasteiger partial charge in [0.15, 0.2) is 5.43 Å². The van der Waals surface area contributed by atoms with Gasteiger partial charge in [0.25, 0.3) is 5.01 Å². The maximum Gasteiger partial charge on any atom is 0.262 e. The number of hydrogen-bond acceptors (Lipinski definition) is 3. The first-order valence-electron chi connectivity index (χ1n) is 7.71. The molecule has 0 radical (unpaired) electrons. The molecule has 4 heteroatoms. The van der Waals surface area contributed by atoms with Crippen LogP contribution in [0.5, 0.6) is 0 Å². The van der Waals surface area contributed by atoms with Crippen LogP contribution in [0, 0.1) is 6.92 Å². The van der Waals surface area contributed by atoms with Crippen molar-refractivity contribution in [3.8, 4) is 0 Å². The molecule has 0 saturated carbocycles. The van der Waals surface area contributed by atoms with Crippen molar-refractivity contribution in [3.05, 3.63) is 75.1 Å². The highest BCUT2D eigenvalue weighted by molar-refractivity contribution is 7.18. The van der Waals surface area contributed by atoms with Crippen molar-refractivity contribution in [1.29, 1.82) is 0 Å². The summed E-state index contributed by atoms with van der Waals surface area (Å²) >= 11 is 1.70. The highest BCUT2D eigenvalue weighted by Gasteiger charge is 2.13. The minimum absolute atomic E-state index is 0.0000332. The average molecular weight is 334 g/mol. The Morgan fingerprint density at radius 2 is 1.96 bits per heavy atom. The topological polar surface area (TPSA) is 34.1 Å². The fourth-order valence-corrected chi connectivity index (χ4v) is 3.86. The van der Waals surface area contributed by atoms with Crippen LogP contribution in [-0.2, 0) is 7.05 Å². The molecule has 118 valence electrons. The molecule has 24 heavy (non-hydrogen) atoms. The van der Waals surface area contributed by atoms with E-state index in [-0.39, 0.29) is 5.43 Å². The second kappa shape index (κ2) is 5.73. The summed E-state index contributed by atoms with van der Waals surface area (Å²) in [5, 5.41) is 1.71. The zero-order valence-electron chi connectivity index (χ0n) is 13.4. The molecule has 2 heterocycles. The molecule has 0 bridgehead atoms. The highest BCUT2D eigenvalue weighted by Crippen LogP contribution is 2.21. The summed E-state index contributed by atoms with van der Waals surface area (Å²) < 4.78 is 8.95. The van der Waals surface area contributed by atoms with Crippen molar-refractivity contribution in [3.63, 3.8) is 0 Å². The van der Waals surface area contributed by atoms with Crippen LogP contribution >= 0.6 is 11.3 Å². The predicted octanol–water partition coefficient (Wildman–Crippen LogP) is 4.31. The summed E-state index contributed by atoms with van der Waals surface area (Å²) in [6.45, 7) is 1.97. The number of benzene rings is 2. The molecule has 0 aliphatic heterocycles. The van der Waals surface area contributed by atoms with Crippen molar-refractivity contribution < 1.29 is 8.98 Å². The molecule has 0 aliphatic rings. The van der Waals surface area contributed by atoms with E-state index in [0.717, 1.165) is 10.6 Å². The molecule has 4 rings (SSSR count). The lowest BCUT2D eigenvalue weighted by molar-refractivity contribution is -0.642. The number of rotatable bonds is 2. The highest BCUT2D eigenvalue weighted by atomic mass is 32.1. The maximum atomic E-state index is 12.6. The number of hydrogen-bond donors (Lipinski definition) is 0. The molecular weight excluding hydrogens is 318 g/mol. The lowest BCUT2D eigenvalue weighted by atomic mass is 10.1. The second-order valence-electron chi connectivity index (χ2n) is 5.82. The van der Waals surface area contributed by atoms with Crippen molar-refractivity contribution in [2.45, 2.75) is 6.92 Å². The van der Waals surface area contributed by atoms with Crippen LogP contribution < -0.4 is 10.00 Å². The van der Waals surface area contributed by atoms with Gasteiger partial charge in [0, 0.05) is 12.1 Å². The van der Waals surface area contributed by atoms with Crippen molar-refractivity contribution in [2.75, 3.05) is 0 Å². The van der Waals surface area contributed by atoms with E-state index in [4.69, 9.17) is 4.42 Å². The predicted molar refractivity (Wildman–Crippen MR) is 99.2 cm³/mol. The van der Waals surface area contributed by atoms with E-state index in [1.807, 2.05) is 56.5 Å². The number of fused-ring (bicyclic) bond motifs is 2. The SMILES string of the molecule is Cc1ccc2occ(C=Cc3sc4ccccc4[n+]3C)c(=O)c2c1. The third kappa shape index (κ3) is 2.45. The molecule has 0 fully saturated rings. The number of aryl methyl sites for hydroxylation is 2. The summed E-state index contributed by atoms with van der Waals surface area (Å²) in [4.78, 5) is 12.6. The summed E-state index contributed by atoms with van der Waals surface area (Å²) in [7, 11) is 2.03. The Hall–Kier alpha value is -2.72. The molecule has 3 nitrogen and oxygen atoms in total. The zero-order chi connectivity index (χ0) is 16.7. The van der Waals surface area contributed by atoms with Gasteiger partial charge < -0.3 is 4.42 Å². The monoisotopic (exact) mass is 334 g/mol. The van der Waals surface area contributed by atoms with E-state index in [0.29, 0.717) is 16.5 Å². The molecule has 0 amide bonds. The van der Waals surface area contributed by atoms with Gasteiger partial charge in [-0.3, -0.25) is 4.79 Å². The van der Waals surface area contributed by atoms with Crippen LogP contribution in [0.3, 0.4) is 0 Å². The largest absolute Gasteiger partial charge is 0.463 e. The molecule has 0 atom stereocenters. The molecule has 0 N–H and O–H groups in total. The van der Waals surface area contributed by atoms with Gasteiger partial charge in [0.05, 0.1) is 10.9 Å². The molecule has 4 aromatic rings. The minimum atomic E-state index is -0.0000332. The van der Waals surface area contributed by atoms with Crippen LogP contribution in [-0.4, -0.2) is 0 Å². The molecule has 0 saturated heterocycles. The van der Waals surface area contributed by atoms with E-state index < -0.39 is 0 Å². The van der Waals surface area contributed by atoms with Gasteiger partial charge in [-0.05, 0) is 31.2 Å². The number of para-hydroxylation sites is 1. The smallest absolute Gasteiger partial charge is 0.262 e. The fraction of sp³-hybridized carbons (Fsp3) is 0.100. The Balaban J connectivity index is 1.80. The molecule has 0 aliphatic carbocycles. The summed E-state index contributed by atoms with van der Waals surface area (Å²) in [6.07, 6.45) is 5.33. The molecule has 2 aromatic carbocycles. The first kappa shape index (κ1) is 14.8. The lowest BCUT2D eigenvalue weighted by Gasteiger charge is -1.99. The van der Waals surface area contributed by atoms with Gasteiger partial charge >= 0.3 is 0 Å². The summed E-state index contributed by atoms with van der Waals surface area (Å²) in [5.74, 6) is 0. The van der Waals surface area contributed by atoms with Gasteiger partial charge in [-0.25, -0.2) is 0 Å². The van der Waals surface area contributed by atoms with Gasteiger partial charge in [0.1, 0.15) is 23.6 Å². The van der Waals surface area contributed by atoms with E-state index in [1.54, 1.807) is 11.3 Å². The zero-order valence-corrected chi connectivity index (χ0v) is 14.3. The molecular formula is C20H16NO2S+. The van der Waals surface area contributed by atoms with E-state index in [1.165, 1.54) is 16.5 Å². The second-order valence-corrected chi connectivity index (χ2v) is 6.88. The van der Waals surface area contributed by atoms with Crippen molar-refractivity contribution >= 4 is 44.7 Å². The van der Waals surface area contributed by atoms with Gasteiger partial charge in [-0.15, -0.1) is 0 Å². The van der Waals surface area contributed by atoms with E-state index >= 15 is 0 Å². The van der Waals surface area contributed by atoms with E-state index in [9.17, 15) is 4.79 Å². The Morgan fingerprint density at radius 3 is 2.79 bits per heavy atom. The Labute approximate surface area is 143 Å². The van der Waals surface area contributed by atoms with Crippen LogP contribution in [0.4, 0.5) is 0 Å². The van der Waals surface area contributed by atoms with Gasteiger partial charge in [0.2, 0.25) is 5.52 Å². The van der Waals surface area contributed by atoms with Crippen LogP contribution in [0.2, 0.25) is 0 Å². The number of aromatic nitrogens is 1. The maximum absolute atomic E-state index is 12.6. The number of nitrogens with zero attached hydrogens (tertiary/aromatic N) is 1. The lowest BCUT2D eigenvalue weighted by Crippen LogP contribution is -2.28. The van der Waals surface area contributed by atoms with Crippen LogP contribution in [0.25, 0.3) is 33.3 Å². The van der Waals surface area contributed by atoms with Gasteiger partial charge in [-0.1, -0.05) is 35.1 Å². The standard InChI is InChI=1S/C20H16NO2S/c1-13-7-9-17-15(11-13)20(22)14(12-23-17)8-10-19-21(2)16-5-3-4-6-18(16)24-19/h3-12H,1-2H3/q+1. The van der Waals surface area contributed by atoms with Crippen LogP contribution in [0.15, 0.2) is 57.9 Å². The first-order chi connectivity index (χ1) is 11.6. The third-order valence-electron chi connectivity index (χ3n) is 4.13. The average Bonchev–Trinajstić information content (AvgIpc) is 2.91. The summed E-state index contributed by atoms with van der Waals surface area (Å²) in [5.41, 5.74) is 3.41. The normalized spacial score (nSPS) is 11.8. The molecule has 2 aromatic heterocycles. The third-order valence-corrected chi connectivity index (χ3v) is 5.32. The quantitative estimate of drug-likeness (QED) is 0.512.